The van der Waals surface area contributed by atoms with Crippen molar-refractivity contribution in [2.24, 2.45) is 5.92 Å². The van der Waals surface area contributed by atoms with Crippen molar-refractivity contribution in [2.75, 3.05) is 38.8 Å². The molecule has 35 heavy (non-hydrogen) atoms. The number of hydrogen-bond donors (Lipinski definition) is 1. The number of urea groups is 1. The van der Waals surface area contributed by atoms with E-state index in [9.17, 15) is 9.59 Å². The zero-order valence-electron chi connectivity index (χ0n) is 21.0. The molecule has 0 aliphatic carbocycles. The molecular formula is C27H35N3O5. The quantitative estimate of drug-likeness (QED) is 0.671. The van der Waals surface area contributed by atoms with Crippen LogP contribution < -0.4 is 24.4 Å². The van der Waals surface area contributed by atoms with Crippen LogP contribution in [0.3, 0.4) is 0 Å². The van der Waals surface area contributed by atoms with Gasteiger partial charge in [0.2, 0.25) is 5.91 Å². The highest BCUT2D eigenvalue weighted by Gasteiger charge is 2.34. The molecule has 2 aromatic rings. The highest BCUT2D eigenvalue weighted by Crippen LogP contribution is 2.36. The average Bonchev–Trinajstić information content (AvgIpc) is 2.90. The lowest BCUT2D eigenvalue weighted by molar-refractivity contribution is -0.126. The van der Waals surface area contributed by atoms with Crippen LogP contribution >= 0.6 is 0 Å². The molecular weight excluding hydrogens is 446 g/mol. The standard InChI is InChI=1S/C27H35N3O5/c1-5-21-17-30(23-14-18(2)6-9-24(23)35-21)27(32)29-12-10-19(11-13-29)26(31)28-16-20-7-8-22(33-3)15-25(20)34-4/h6-9,14-15,19,21H,5,10-13,16-17H2,1-4H3,(H,28,31)/t21-/m0/s1. The van der Waals surface area contributed by atoms with Crippen LogP contribution in [0, 0.1) is 12.8 Å². The van der Waals surface area contributed by atoms with E-state index >= 15 is 0 Å². The van der Waals surface area contributed by atoms with Crippen LogP contribution in [-0.4, -0.2) is 56.8 Å². The highest BCUT2D eigenvalue weighted by atomic mass is 16.5. The lowest BCUT2D eigenvalue weighted by Gasteiger charge is -2.39. The van der Waals surface area contributed by atoms with Crippen molar-refractivity contribution in [1.82, 2.24) is 10.2 Å². The van der Waals surface area contributed by atoms with Crippen molar-refractivity contribution in [3.8, 4) is 17.2 Å². The van der Waals surface area contributed by atoms with Crippen LogP contribution in [0.2, 0.25) is 0 Å². The summed E-state index contributed by atoms with van der Waals surface area (Å²) in [6.45, 7) is 6.11. The van der Waals surface area contributed by atoms with Gasteiger partial charge in [-0.05, 0) is 56.0 Å². The summed E-state index contributed by atoms with van der Waals surface area (Å²) in [4.78, 5) is 30.0. The normalized spacial score (nSPS) is 17.9. The molecule has 0 aromatic heterocycles. The molecule has 1 saturated heterocycles. The van der Waals surface area contributed by atoms with Crippen molar-refractivity contribution in [3.05, 3.63) is 47.5 Å². The molecule has 3 amide bonds. The van der Waals surface area contributed by atoms with Crippen LogP contribution in [0.25, 0.3) is 0 Å². The number of ether oxygens (including phenoxy) is 3. The van der Waals surface area contributed by atoms with Gasteiger partial charge in [0.25, 0.3) is 0 Å². The molecule has 2 aliphatic heterocycles. The van der Waals surface area contributed by atoms with Gasteiger partial charge in [0.1, 0.15) is 23.4 Å². The molecule has 2 heterocycles. The fourth-order valence-corrected chi connectivity index (χ4v) is 4.68. The highest BCUT2D eigenvalue weighted by molar-refractivity contribution is 5.94. The lowest BCUT2D eigenvalue weighted by atomic mass is 9.96. The number of methoxy groups -OCH3 is 2. The fourth-order valence-electron chi connectivity index (χ4n) is 4.68. The largest absolute Gasteiger partial charge is 0.497 e. The molecule has 2 aromatic carbocycles. The van der Waals surface area contributed by atoms with Gasteiger partial charge in [-0.3, -0.25) is 9.69 Å². The van der Waals surface area contributed by atoms with Crippen LogP contribution in [0.4, 0.5) is 10.5 Å². The maximum Gasteiger partial charge on any atom is 0.324 e. The summed E-state index contributed by atoms with van der Waals surface area (Å²) in [6.07, 6.45) is 2.09. The number of amides is 3. The van der Waals surface area contributed by atoms with Crippen LogP contribution in [0.1, 0.15) is 37.3 Å². The molecule has 8 heteroatoms. The lowest BCUT2D eigenvalue weighted by Crippen LogP contribution is -2.52. The summed E-state index contributed by atoms with van der Waals surface area (Å²) in [5.74, 6) is 2.03. The van der Waals surface area contributed by atoms with Gasteiger partial charge in [-0.2, -0.15) is 0 Å². The van der Waals surface area contributed by atoms with Crippen LogP contribution in [-0.2, 0) is 11.3 Å². The predicted molar refractivity (Wildman–Crippen MR) is 134 cm³/mol. The fraction of sp³-hybridized carbons (Fsp3) is 0.481. The Hall–Kier alpha value is -3.42. The average molecular weight is 482 g/mol. The third-order valence-corrected chi connectivity index (χ3v) is 6.85. The number of hydrogen-bond acceptors (Lipinski definition) is 5. The molecule has 1 atom stereocenters. The topological polar surface area (TPSA) is 80.3 Å². The Labute approximate surface area is 207 Å². The zero-order chi connectivity index (χ0) is 24.9. The smallest absolute Gasteiger partial charge is 0.324 e. The summed E-state index contributed by atoms with van der Waals surface area (Å²) >= 11 is 0. The van der Waals surface area contributed by atoms with Gasteiger partial charge in [-0.15, -0.1) is 0 Å². The molecule has 0 saturated carbocycles. The Morgan fingerprint density at radius 2 is 1.86 bits per heavy atom. The van der Waals surface area contributed by atoms with Crippen LogP contribution in [0.15, 0.2) is 36.4 Å². The molecule has 0 bridgehead atoms. The minimum Gasteiger partial charge on any atom is -0.497 e. The molecule has 1 N–H and O–H groups in total. The number of rotatable bonds is 6. The van der Waals surface area contributed by atoms with E-state index in [4.69, 9.17) is 14.2 Å². The first-order valence-electron chi connectivity index (χ1n) is 12.3. The second-order valence-corrected chi connectivity index (χ2v) is 9.17. The van der Waals surface area contributed by atoms with Gasteiger partial charge in [0.05, 0.1) is 26.5 Å². The van der Waals surface area contributed by atoms with Crippen molar-refractivity contribution in [2.45, 2.75) is 45.8 Å². The number of likely N-dealkylation sites (tertiary alicyclic amines) is 1. The third kappa shape index (κ3) is 5.47. The number of nitrogens with one attached hydrogen (secondary N) is 1. The first-order valence-corrected chi connectivity index (χ1v) is 12.3. The molecule has 8 nitrogen and oxygen atoms in total. The second kappa shape index (κ2) is 10.9. The summed E-state index contributed by atoms with van der Waals surface area (Å²) in [5.41, 5.74) is 2.80. The van der Waals surface area contributed by atoms with Crippen molar-refractivity contribution >= 4 is 17.6 Å². The number of anilines is 1. The van der Waals surface area contributed by atoms with Gasteiger partial charge >= 0.3 is 6.03 Å². The molecule has 0 spiro atoms. The van der Waals surface area contributed by atoms with Crippen molar-refractivity contribution < 1.29 is 23.8 Å². The molecule has 4 rings (SSSR count). The molecule has 188 valence electrons. The number of carbonyl (C=O) groups is 2. The van der Waals surface area contributed by atoms with E-state index in [1.54, 1.807) is 20.3 Å². The van der Waals surface area contributed by atoms with E-state index in [1.165, 1.54) is 0 Å². The Morgan fingerprint density at radius 3 is 2.54 bits per heavy atom. The van der Waals surface area contributed by atoms with E-state index in [0.717, 1.165) is 29.0 Å². The number of piperidine rings is 1. The molecule has 1 fully saturated rings. The summed E-state index contributed by atoms with van der Waals surface area (Å²) < 4.78 is 16.7. The van der Waals surface area contributed by atoms with E-state index in [0.29, 0.717) is 50.5 Å². The Bertz CT molecular complexity index is 1060. The van der Waals surface area contributed by atoms with Gasteiger partial charge in [0, 0.05) is 37.2 Å². The maximum atomic E-state index is 13.5. The third-order valence-electron chi connectivity index (χ3n) is 6.85. The summed E-state index contributed by atoms with van der Waals surface area (Å²) in [7, 11) is 3.21. The minimum atomic E-state index is -0.120. The number of fused-ring (bicyclic) bond motifs is 1. The Balaban J connectivity index is 1.34. The maximum absolute atomic E-state index is 13.5. The van der Waals surface area contributed by atoms with Gasteiger partial charge in [0.15, 0.2) is 0 Å². The monoisotopic (exact) mass is 481 g/mol. The summed E-state index contributed by atoms with van der Waals surface area (Å²) in [6, 6.07) is 11.5. The predicted octanol–water partition coefficient (Wildman–Crippen LogP) is 4.14. The van der Waals surface area contributed by atoms with Gasteiger partial charge < -0.3 is 24.4 Å². The first kappa shape index (κ1) is 24.7. The SMILES string of the molecule is CC[C@H]1CN(C(=O)N2CCC(C(=O)NCc3ccc(OC)cc3OC)CC2)c2cc(C)ccc2O1. The summed E-state index contributed by atoms with van der Waals surface area (Å²) in [5, 5.41) is 3.03. The zero-order valence-corrected chi connectivity index (χ0v) is 21.0. The van der Waals surface area contributed by atoms with E-state index in [1.807, 2.05) is 47.1 Å². The second-order valence-electron chi connectivity index (χ2n) is 9.17. The number of aryl methyl sites for hydroxylation is 1. The van der Waals surface area contributed by atoms with Crippen molar-refractivity contribution in [1.29, 1.82) is 0 Å². The van der Waals surface area contributed by atoms with E-state index in [-0.39, 0.29) is 24.0 Å². The first-order chi connectivity index (χ1) is 16.9. The van der Waals surface area contributed by atoms with E-state index in [2.05, 4.69) is 12.2 Å². The van der Waals surface area contributed by atoms with Gasteiger partial charge in [-0.1, -0.05) is 13.0 Å². The Morgan fingerprint density at radius 1 is 1.09 bits per heavy atom. The number of nitrogens with zero attached hydrogens (tertiary/aromatic N) is 2. The van der Waals surface area contributed by atoms with E-state index < -0.39 is 0 Å². The van der Waals surface area contributed by atoms with Crippen molar-refractivity contribution in [3.63, 3.8) is 0 Å². The molecule has 0 radical (unpaired) electrons. The molecule has 0 unspecified atom stereocenters. The number of carbonyl (C=O) groups excluding carboxylic acids is 2. The number of benzene rings is 2. The van der Waals surface area contributed by atoms with Gasteiger partial charge in [-0.25, -0.2) is 4.79 Å². The molecule has 2 aliphatic rings. The van der Waals surface area contributed by atoms with Crippen LogP contribution in [0.5, 0.6) is 17.2 Å². The Kier molecular flexibility index (Phi) is 7.68. The minimum absolute atomic E-state index is 0.00774.